The maximum atomic E-state index is 12.9. The van der Waals surface area contributed by atoms with Gasteiger partial charge in [-0.15, -0.1) is 6.58 Å². The van der Waals surface area contributed by atoms with Crippen molar-refractivity contribution in [3.8, 4) is 0 Å². The first-order chi connectivity index (χ1) is 14.4. The van der Waals surface area contributed by atoms with Gasteiger partial charge in [0.25, 0.3) is 5.91 Å². The number of imide groups is 1. The summed E-state index contributed by atoms with van der Waals surface area (Å²) in [4.78, 5) is 42.9. The Labute approximate surface area is 181 Å². The van der Waals surface area contributed by atoms with Crippen LogP contribution in [0.15, 0.2) is 54.0 Å². The number of hydrogen-bond donors (Lipinski definition) is 0. The molecule has 0 unspecified atom stereocenters. The van der Waals surface area contributed by atoms with Crippen LogP contribution in [-0.2, 0) is 16.1 Å². The Balaban J connectivity index is 1.79. The SMILES string of the molecule is C=CCn1c(=NC(=O)c2cccc(N3C(=O)CCC3=O)c2)sc2ccc(Cl)c(C)c21. The minimum atomic E-state index is -0.455. The lowest BCUT2D eigenvalue weighted by Crippen LogP contribution is -2.28. The molecule has 1 aromatic heterocycles. The van der Waals surface area contributed by atoms with Gasteiger partial charge in [0.1, 0.15) is 0 Å². The summed E-state index contributed by atoms with van der Waals surface area (Å²) in [5, 5.41) is 0.642. The van der Waals surface area contributed by atoms with Crippen LogP contribution in [0, 0.1) is 6.92 Å². The van der Waals surface area contributed by atoms with E-state index in [9.17, 15) is 14.4 Å². The molecule has 0 radical (unpaired) electrons. The molecule has 0 saturated carbocycles. The zero-order valence-corrected chi connectivity index (χ0v) is 17.8. The van der Waals surface area contributed by atoms with Crippen molar-refractivity contribution in [2.45, 2.75) is 26.3 Å². The highest BCUT2D eigenvalue weighted by atomic mass is 35.5. The van der Waals surface area contributed by atoms with Crippen molar-refractivity contribution in [1.29, 1.82) is 0 Å². The predicted molar refractivity (Wildman–Crippen MR) is 118 cm³/mol. The van der Waals surface area contributed by atoms with E-state index in [0.29, 0.717) is 27.6 Å². The number of nitrogens with zero attached hydrogens (tertiary/aromatic N) is 3. The topological polar surface area (TPSA) is 71.7 Å². The normalized spacial score (nSPS) is 14.7. The third kappa shape index (κ3) is 3.51. The quantitative estimate of drug-likeness (QED) is 0.450. The van der Waals surface area contributed by atoms with Gasteiger partial charge >= 0.3 is 0 Å². The Morgan fingerprint density at radius 1 is 1.23 bits per heavy atom. The molecule has 30 heavy (non-hydrogen) atoms. The van der Waals surface area contributed by atoms with E-state index in [1.807, 2.05) is 23.6 Å². The maximum Gasteiger partial charge on any atom is 0.279 e. The van der Waals surface area contributed by atoms with Crippen LogP contribution in [0.25, 0.3) is 10.2 Å². The number of rotatable bonds is 4. The van der Waals surface area contributed by atoms with Crippen molar-refractivity contribution in [3.63, 3.8) is 0 Å². The van der Waals surface area contributed by atoms with Crippen molar-refractivity contribution >= 4 is 56.6 Å². The lowest BCUT2D eigenvalue weighted by atomic mass is 10.2. The van der Waals surface area contributed by atoms with Gasteiger partial charge in [0, 0.05) is 30.0 Å². The Bertz CT molecular complexity index is 1270. The third-order valence-corrected chi connectivity index (χ3v) is 6.39. The second-order valence-corrected chi connectivity index (χ2v) is 8.31. The Kier molecular flexibility index (Phi) is 5.40. The number of thiazole rings is 1. The van der Waals surface area contributed by atoms with Crippen LogP contribution in [0.4, 0.5) is 5.69 Å². The molecule has 0 aliphatic carbocycles. The molecule has 0 bridgehead atoms. The van der Waals surface area contributed by atoms with Gasteiger partial charge in [-0.25, -0.2) is 0 Å². The molecule has 3 aromatic rings. The fourth-order valence-electron chi connectivity index (χ4n) is 3.49. The van der Waals surface area contributed by atoms with Crippen molar-refractivity contribution < 1.29 is 14.4 Å². The van der Waals surface area contributed by atoms with Crippen LogP contribution in [0.1, 0.15) is 28.8 Å². The Morgan fingerprint density at radius 2 is 1.97 bits per heavy atom. The van der Waals surface area contributed by atoms with E-state index in [1.165, 1.54) is 17.4 Å². The van der Waals surface area contributed by atoms with Crippen LogP contribution in [0.2, 0.25) is 5.02 Å². The minimum absolute atomic E-state index is 0.187. The number of allylic oxidation sites excluding steroid dienone is 1. The highest BCUT2D eigenvalue weighted by molar-refractivity contribution is 7.16. The van der Waals surface area contributed by atoms with E-state index in [2.05, 4.69) is 11.6 Å². The molecule has 1 fully saturated rings. The number of halogens is 1. The molecule has 4 rings (SSSR count). The van der Waals surface area contributed by atoms with Crippen molar-refractivity contribution in [3.05, 3.63) is 70.0 Å². The second-order valence-electron chi connectivity index (χ2n) is 6.89. The van der Waals surface area contributed by atoms with Gasteiger partial charge in [-0.3, -0.25) is 19.3 Å². The zero-order chi connectivity index (χ0) is 21.4. The summed E-state index contributed by atoms with van der Waals surface area (Å²) in [5.41, 5.74) is 2.52. The molecule has 6 nitrogen and oxygen atoms in total. The molecule has 2 heterocycles. The molecule has 1 aliphatic rings. The van der Waals surface area contributed by atoms with Crippen LogP contribution in [0.5, 0.6) is 0 Å². The number of carbonyl (C=O) groups is 3. The highest BCUT2D eigenvalue weighted by Gasteiger charge is 2.30. The molecule has 0 N–H and O–H groups in total. The molecular weight excluding hydrogens is 422 g/mol. The fourth-order valence-corrected chi connectivity index (χ4v) is 4.74. The number of hydrogen-bond acceptors (Lipinski definition) is 4. The van der Waals surface area contributed by atoms with E-state index in [0.717, 1.165) is 20.7 Å². The van der Waals surface area contributed by atoms with Crippen LogP contribution in [0.3, 0.4) is 0 Å². The standard InChI is InChI=1S/C22H18ClN3O3S/c1-3-11-25-20-13(2)16(23)7-8-17(20)30-22(25)24-21(29)14-5-4-6-15(12-14)26-18(27)9-10-19(26)28/h3-8,12H,1,9-11H2,2H3. The van der Waals surface area contributed by atoms with E-state index < -0.39 is 5.91 Å². The average molecular weight is 440 g/mol. The number of anilines is 1. The smallest absolute Gasteiger partial charge is 0.279 e. The maximum absolute atomic E-state index is 12.9. The molecule has 152 valence electrons. The van der Waals surface area contributed by atoms with Crippen molar-refractivity contribution in [2.75, 3.05) is 4.90 Å². The summed E-state index contributed by atoms with van der Waals surface area (Å²) in [7, 11) is 0. The zero-order valence-electron chi connectivity index (χ0n) is 16.2. The molecule has 3 amide bonds. The molecular formula is C22H18ClN3O3S. The molecule has 1 aliphatic heterocycles. The molecule has 0 spiro atoms. The molecule has 8 heteroatoms. The van der Waals surface area contributed by atoms with Gasteiger partial charge in [0.2, 0.25) is 11.8 Å². The summed E-state index contributed by atoms with van der Waals surface area (Å²) in [6.45, 7) is 6.20. The lowest BCUT2D eigenvalue weighted by molar-refractivity contribution is -0.121. The summed E-state index contributed by atoms with van der Waals surface area (Å²) >= 11 is 7.67. The van der Waals surface area contributed by atoms with Crippen molar-refractivity contribution in [1.82, 2.24) is 4.57 Å². The first-order valence-corrected chi connectivity index (χ1v) is 10.5. The van der Waals surface area contributed by atoms with E-state index >= 15 is 0 Å². The van der Waals surface area contributed by atoms with Gasteiger partial charge < -0.3 is 4.57 Å². The van der Waals surface area contributed by atoms with Gasteiger partial charge in [-0.1, -0.05) is 35.1 Å². The number of aryl methyl sites for hydroxylation is 1. The number of amides is 3. The summed E-state index contributed by atoms with van der Waals surface area (Å²) < 4.78 is 2.87. The molecule has 2 aromatic carbocycles. The number of carbonyl (C=O) groups excluding carboxylic acids is 3. The van der Waals surface area contributed by atoms with Crippen LogP contribution < -0.4 is 9.70 Å². The highest BCUT2D eigenvalue weighted by Crippen LogP contribution is 2.27. The lowest BCUT2D eigenvalue weighted by Gasteiger charge is -2.14. The van der Waals surface area contributed by atoms with Gasteiger partial charge in [-0.05, 0) is 42.8 Å². The van der Waals surface area contributed by atoms with E-state index in [4.69, 9.17) is 11.6 Å². The minimum Gasteiger partial charge on any atom is -0.312 e. The van der Waals surface area contributed by atoms with Gasteiger partial charge in [0.15, 0.2) is 4.80 Å². The van der Waals surface area contributed by atoms with Gasteiger partial charge in [-0.2, -0.15) is 4.99 Å². The van der Waals surface area contributed by atoms with Crippen LogP contribution in [-0.4, -0.2) is 22.3 Å². The van der Waals surface area contributed by atoms with E-state index in [-0.39, 0.29) is 24.7 Å². The third-order valence-electron chi connectivity index (χ3n) is 4.94. The second kappa shape index (κ2) is 8.01. The summed E-state index contributed by atoms with van der Waals surface area (Å²) in [5.74, 6) is -0.978. The largest absolute Gasteiger partial charge is 0.312 e. The number of benzene rings is 2. The van der Waals surface area contributed by atoms with Crippen LogP contribution >= 0.6 is 22.9 Å². The summed E-state index contributed by atoms with van der Waals surface area (Å²) in [6, 6.07) is 10.2. The first-order valence-electron chi connectivity index (χ1n) is 9.35. The Morgan fingerprint density at radius 3 is 2.67 bits per heavy atom. The molecule has 1 saturated heterocycles. The monoisotopic (exact) mass is 439 g/mol. The van der Waals surface area contributed by atoms with Crippen molar-refractivity contribution in [2.24, 2.45) is 4.99 Å². The number of aromatic nitrogens is 1. The first kappa shape index (κ1) is 20.3. The predicted octanol–water partition coefficient (Wildman–Crippen LogP) is 4.25. The molecule has 0 atom stereocenters. The average Bonchev–Trinajstić information content (AvgIpc) is 3.25. The number of fused-ring (bicyclic) bond motifs is 1. The fraction of sp³-hybridized carbons (Fsp3) is 0.182. The summed E-state index contributed by atoms with van der Waals surface area (Å²) in [6.07, 6.45) is 2.11. The van der Waals surface area contributed by atoms with E-state index in [1.54, 1.807) is 24.3 Å². The van der Waals surface area contributed by atoms with Gasteiger partial charge in [0.05, 0.1) is 15.9 Å². The Hall–Kier alpha value is -3.03.